The second-order valence-electron chi connectivity index (χ2n) is 3.13. The Morgan fingerprint density at radius 3 is 2.00 bits per heavy atom. The predicted molar refractivity (Wildman–Crippen MR) is 56.6 cm³/mol. The van der Waals surface area contributed by atoms with Gasteiger partial charge in [0.05, 0.1) is 0 Å². The van der Waals surface area contributed by atoms with E-state index in [9.17, 15) is 0 Å². The Bertz CT molecular complexity index is 228. The molecule has 1 aromatic carbocycles. The summed E-state index contributed by atoms with van der Waals surface area (Å²) in [5.41, 5.74) is 2.68. The molecule has 13 heavy (non-hydrogen) atoms. The molecule has 0 fully saturated rings. The topological polar surface area (TPSA) is 24.1 Å². The molecule has 0 heterocycles. The van der Waals surface area contributed by atoms with Crippen LogP contribution in [0.1, 0.15) is 18.1 Å². The van der Waals surface area contributed by atoms with Gasteiger partial charge in [0.15, 0.2) is 0 Å². The molecule has 2 heteroatoms. The van der Waals surface area contributed by atoms with E-state index in [1.165, 1.54) is 11.1 Å². The van der Waals surface area contributed by atoms with Crippen LogP contribution in [0.25, 0.3) is 0 Å². The quantitative estimate of drug-likeness (QED) is 0.714. The molecule has 0 bridgehead atoms. The van der Waals surface area contributed by atoms with Crippen molar-refractivity contribution in [2.24, 2.45) is 0 Å². The van der Waals surface area contributed by atoms with Gasteiger partial charge < -0.3 is 10.6 Å². The Labute approximate surface area is 80.4 Å². The Balaban J connectivity index is 2.48. The van der Waals surface area contributed by atoms with Crippen molar-refractivity contribution >= 4 is 0 Å². The third-order valence-electron chi connectivity index (χ3n) is 1.98. The van der Waals surface area contributed by atoms with Crippen LogP contribution in [0.5, 0.6) is 0 Å². The summed E-state index contributed by atoms with van der Waals surface area (Å²) in [4.78, 5) is 0. The Morgan fingerprint density at radius 1 is 1.00 bits per heavy atom. The van der Waals surface area contributed by atoms with E-state index in [1.807, 2.05) is 7.05 Å². The van der Waals surface area contributed by atoms with Crippen molar-refractivity contribution in [3.63, 3.8) is 0 Å². The lowest BCUT2D eigenvalue weighted by Crippen LogP contribution is -2.11. The molecule has 2 nitrogen and oxygen atoms in total. The van der Waals surface area contributed by atoms with Crippen LogP contribution in [-0.2, 0) is 13.1 Å². The van der Waals surface area contributed by atoms with Crippen LogP contribution in [0.4, 0.5) is 0 Å². The lowest BCUT2D eigenvalue weighted by Gasteiger charge is -2.03. The standard InChI is InChI=1S/C11H18N2/c1-3-13-9-11-6-4-10(5-7-11)8-12-2/h4-7,12-13H,3,8-9H2,1-2H3. The number of hydrogen-bond donors (Lipinski definition) is 2. The van der Waals surface area contributed by atoms with E-state index in [-0.39, 0.29) is 0 Å². The molecule has 0 aliphatic rings. The molecule has 0 atom stereocenters. The van der Waals surface area contributed by atoms with Gasteiger partial charge in [0.2, 0.25) is 0 Å². The first kappa shape index (κ1) is 10.2. The minimum atomic E-state index is 0.946. The van der Waals surface area contributed by atoms with Gasteiger partial charge in [-0.25, -0.2) is 0 Å². The summed E-state index contributed by atoms with van der Waals surface area (Å²) in [6.45, 7) is 5.06. The molecular weight excluding hydrogens is 160 g/mol. The van der Waals surface area contributed by atoms with Crippen molar-refractivity contribution in [1.82, 2.24) is 10.6 Å². The maximum absolute atomic E-state index is 3.30. The van der Waals surface area contributed by atoms with Crippen LogP contribution in [0.15, 0.2) is 24.3 Å². The van der Waals surface area contributed by atoms with Gasteiger partial charge in [0, 0.05) is 13.1 Å². The van der Waals surface area contributed by atoms with Gasteiger partial charge in [-0.3, -0.25) is 0 Å². The minimum Gasteiger partial charge on any atom is -0.316 e. The molecule has 0 spiro atoms. The van der Waals surface area contributed by atoms with Gasteiger partial charge >= 0.3 is 0 Å². The zero-order valence-corrected chi connectivity index (χ0v) is 8.43. The van der Waals surface area contributed by atoms with Crippen LogP contribution in [-0.4, -0.2) is 13.6 Å². The van der Waals surface area contributed by atoms with Crippen molar-refractivity contribution < 1.29 is 0 Å². The molecule has 0 aliphatic carbocycles. The first-order valence-electron chi connectivity index (χ1n) is 4.80. The second-order valence-corrected chi connectivity index (χ2v) is 3.13. The molecule has 1 rings (SSSR count). The summed E-state index contributed by atoms with van der Waals surface area (Å²) >= 11 is 0. The summed E-state index contributed by atoms with van der Waals surface area (Å²) in [7, 11) is 1.96. The van der Waals surface area contributed by atoms with E-state index in [2.05, 4.69) is 41.8 Å². The molecule has 0 aliphatic heterocycles. The molecule has 72 valence electrons. The third kappa shape index (κ3) is 3.57. The number of benzene rings is 1. The summed E-state index contributed by atoms with van der Waals surface area (Å²) in [6.07, 6.45) is 0. The van der Waals surface area contributed by atoms with Crippen molar-refractivity contribution in [2.45, 2.75) is 20.0 Å². The summed E-state index contributed by atoms with van der Waals surface area (Å²) in [5.74, 6) is 0. The normalized spacial score (nSPS) is 10.3. The van der Waals surface area contributed by atoms with E-state index in [0.29, 0.717) is 0 Å². The molecule has 0 radical (unpaired) electrons. The lowest BCUT2D eigenvalue weighted by atomic mass is 10.1. The first-order chi connectivity index (χ1) is 6.36. The SMILES string of the molecule is CCNCc1ccc(CNC)cc1. The highest BCUT2D eigenvalue weighted by Gasteiger charge is 1.92. The number of rotatable bonds is 5. The van der Waals surface area contributed by atoms with Crippen molar-refractivity contribution in [1.29, 1.82) is 0 Å². The fourth-order valence-corrected chi connectivity index (χ4v) is 1.25. The molecule has 0 saturated carbocycles. The van der Waals surface area contributed by atoms with E-state index in [0.717, 1.165) is 19.6 Å². The van der Waals surface area contributed by atoms with Gasteiger partial charge in [-0.2, -0.15) is 0 Å². The highest BCUT2D eigenvalue weighted by Crippen LogP contribution is 2.03. The fourth-order valence-electron chi connectivity index (χ4n) is 1.25. The van der Waals surface area contributed by atoms with Gasteiger partial charge in [0.1, 0.15) is 0 Å². The molecular formula is C11H18N2. The van der Waals surface area contributed by atoms with Crippen molar-refractivity contribution in [2.75, 3.05) is 13.6 Å². The third-order valence-corrected chi connectivity index (χ3v) is 1.98. The Kier molecular flexibility index (Phi) is 4.50. The molecule has 0 saturated heterocycles. The van der Waals surface area contributed by atoms with E-state index < -0.39 is 0 Å². The zero-order valence-electron chi connectivity index (χ0n) is 8.43. The molecule has 1 aromatic rings. The monoisotopic (exact) mass is 178 g/mol. The maximum Gasteiger partial charge on any atom is 0.0205 e. The Hall–Kier alpha value is -0.860. The zero-order chi connectivity index (χ0) is 9.52. The van der Waals surface area contributed by atoms with Crippen LogP contribution < -0.4 is 10.6 Å². The van der Waals surface area contributed by atoms with Crippen LogP contribution in [0.2, 0.25) is 0 Å². The van der Waals surface area contributed by atoms with Gasteiger partial charge in [-0.15, -0.1) is 0 Å². The summed E-state index contributed by atoms with van der Waals surface area (Å²) in [6, 6.07) is 8.69. The predicted octanol–water partition coefficient (Wildman–Crippen LogP) is 1.52. The van der Waals surface area contributed by atoms with Gasteiger partial charge in [-0.1, -0.05) is 31.2 Å². The highest BCUT2D eigenvalue weighted by molar-refractivity contribution is 5.22. The average molecular weight is 178 g/mol. The van der Waals surface area contributed by atoms with Gasteiger partial charge in [-0.05, 0) is 24.7 Å². The summed E-state index contributed by atoms with van der Waals surface area (Å²) in [5, 5.41) is 6.43. The smallest absolute Gasteiger partial charge is 0.0205 e. The second kappa shape index (κ2) is 5.73. The fraction of sp³-hybridized carbons (Fsp3) is 0.455. The van der Waals surface area contributed by atoms with Crippen LogP contribution >= 0.6 is 0 Å². The van der Waals surface area contributed by atoms with Crippen molar-refractivity contribution in [3.8, 4) is 0 Å². The van der Waals surface area contributed by atoms with Crippen LogP contribution in [0.3, 0.4) is 0 Å². The van der Waals surface area contributed by atoms with E-state index in [1.54, 1.807) is 0 Å². The van der Waals surface area contributed by atoms with E-state index >= 15 is 0 Å². The Morgan fingerprint density at radius 2 is 1.54 bits per heavy atom. The molecule has 0 aromatic heterocycles. The minimum absolute atomic E-state index is 0.946. The molecule has 0 amide bonds. The largest absolute Gasteiger partial charge is 0.316 e. The van der Waals surface area contributed by atoms with Gasteiger partial charge in [0.25, 0.3) is 0 Å². The average Bonchev–Trinajstić information content (AvgIpc) is 2.17. The number of nitrogens with one attached hydrogen (secondary N) is 2. The first-order valence-corrected chi connectivity index (χ1v) is 4.80. The lowest BCUT2D eigenvalue weighted by molar-refractivity contribution is 0.726. The van der Waals surface area contributed by atoms with E-state index in [4.69, 9.17) is 0 Å². The van der Waals surface area contributed by atoms with Crippen LogP contribution in [0, 0.1) is 0 Å². The summed E-state index contributed by atoms with van der Waals surface area (Å²) < 4.78 is 0. The molecule has 0 unspecified atom stereocenters. The maximum atomic E-state index is 3.30. The highest BCUT2D eigenvalue weighted by atomic mass is 14.8. The number of hydrogen-bond acceptors (Lipinski definition) is 2. The van der Waals surface area contributed by atoms with Crippen molar-refractivity contribution in [3.05, 3.63) is 35.4 Å². The molecule has 2 N–H and O–H groups in total.